The lowest BCUT2D eigenvalue weighted by Crippen LogP contribution is -2.35. The molecule has 0 atom stereocenters. The number of hydrogen-bond acceptors (Lipinski definition) is 5. The number of anilines is 1. The fourth-order valence-corrected chi connectivity index (χ4v) is 1.90. The first-order valence-electron chi connectivity index (χ1n) is 6.36. The molecular weight excluding hydrogens is 274 g/mol. The summed E-state index contributed by atoms with van der Waals surface area (Å²) in [5, 5.41) is 10.3. The second kappa shape index (κ2) is 5.78. The van der Waals surface area contributed by atoms with Crippen LogP contribution >= 0.6 is 0 Å². The molecule has 2 rings (SSSR count). The summed E-state index contributed by atoms with van der Waals surface area (Å²) in [4.78, 5) is 25.4. The Morgan fingerprint density at radius 2 is 2.10 bits per heavy atom. The summed E-state index contributed by atoms with van der Waals surface area (Å²) in [6.07, 6.45) is 0. The van der Waals surface area contributed by atoms with Crippen molar-refractivity contribution >= 4 is 17.6 Å². The van der Waals surface area contributed by atoms with E-state index in [4.69, 9.17) is 4.52 Å². The van der Waals surface area contributed by atoms with Crippen molar-refractivity contribution in [1.82, 2.24) is 19.8 Å². The van der Waals surface area contributed by atoms with Crippen LogP contribution in [0.2, 0.25) is 0 Å². The number of rotatable bonds is 4. The molecule has 0 aliphatic carbocycles. The van der Waals surface area contributed by atoms with Crippen molar-refractivity contribution < 1.29 is 14.1 Å². The van der Waals surface area contributed by atoms with Crippen LogP contribution in [0.5, 0.6) is 0 Å². The van der Waals surface area contributed by atoms with E-state index in [0.29, 0.717) is 17.3 Å². The van der Waals surface area contributed by atoms with Gasteiger partial charge in [0.15, 0.2) is 5.82 Å². The molecule has 8 heteroatoms. The highest BCUT2D eigenvalue weighted by atomic mass is 16.5. The Hall–Kier alpha value is -2.64. The van der Waals surface area contributed by atoms with E-state index >= 15 is 0 Å². The van der Waals surface area contributed by atoms with Gasteiger partial charge in [0.1, 0.15) is 11.5 Å². The van der Waals surface area contributed by atoms with Gasteiger partial charge in [0.25, 0.3) is 5.91 Å². The summed E-state index contributed by atoms with van der Waals surface area (Å²) < 4.78 is 6.34. The van der Waals surface area contributed by atoms with Crippen LogP contribution in [0.4, 0.5) is 5.82 Å². The van der Waals surface area contributed by atoms with E-state index in [2.05, 4.69) is 15.6 Å². The monoisotopic (exact) mass is 291 g/mol. The predicted molar refractivity (Wildman–Crippen MR) is 74.8 cm³/mol. The van der Waals surface area contributed by atoms with Gasteiger partial charge in [-0.2, -0.15) is 5.10 Å². The second-order valence-electron chi connectivity index (χ2n) is 4.83. The van der Waals surface area contributed by atoms with Gasteiger partial charge in [-0.1, -0.05) is 5.16 Å². The number of aryl methyl sites for hydroxylation is 3. The summed E-state index contributed by atoms with van der Waals surface area (Å²) in [6, 6.07) is 3.28. The molecule has 0 spiro atoms. The van der Waals surface area contributed by atoms with Crippen molar-refractivity contribution in [3.05, 3.63) is 29.3 Å². The van der Waals surface area contributed by atoms with Gasteiger partial charge >= 0.3 is 0 Å². The third-order valence-electron chi connectivity index (χ3n) is 2.84. The molecule has 8 nitrogen and oxygen atoms in total. The first-order valence-corrected chi connectivity index (χ1v) is 6.36. The topological polar surface area (TPSA) is 93.3 Å². The molecule has 112 valence electrons. The first kappa shape index (κ1) is 14.8. The second-order valence-corrected chi connectivity index (χ2v) is 4.83. The standard InChI is InChI=1S/C13H17N5O3/c1-8-5-10(18(4)15-8)13(20)17(3)7-12(19)14-11-6-9(2)21-16-11/h5-6H,7H2,1-4H3,(H,14,16,19). The third-order valence-corrected chi connectivity index (χ3v) is 2.84. The Morgan fingerprint density at radius 3 is 2.62 bits per heavy atom. The number of likely N-dealkylation sites (N-methyl/N-ethyl adjacent to an activating group) is 1. The summed E-state index contributed by atoms with van der Waals surface area (Å²) in [7, 11) is 3.24. The minimum absolute atomic E-state index is 0.0883. The lowest BCUT2D eigenvalue weighted by atomic mass is 10.3. The molecule has 0 saturated heterocycles. The largest absolute Gasteiger partial charge is 0.360 e. The van der Waals surface area contributed by atoms with Crippen molar-refractivity contribution in [1.29, 1.82) is 0 Å². The van der Waals surface area contributed by atoms with Gasteiger partial charge in [-0.3, -0.25) is 14.3 Å². The quantitative estimate of drug-likeness (QED) is 0.896. The Labute approximate surface area is 121 Å². The normalized spacial score (nSPS) is 10.5. The molecular formula is C13H17N5O3. The molecule has 2 aromatic heterocycles. The SMILES string of the molecule is Cc1cc(C(=O)N(C)CC(=O)Nc2cc(C)on2)n(C)n1. The van der Waals surface area contributed by atoms with Crippen molar-refractivity contribution in [3.8, 4) is 0 Å². The zero-order valence-corrected chi connectivity index (χ0v) is 12.4. The van der Waals surface area contributed by atoms with Crippen molar-refractivity contribution in [2.45, 2.75) is 13.8 Å². The highest BCUT2D eigenvalue weighted by Gasteiger charge is 2.19. The van der Waals surface area contributed by atoms with Gasteiger partial charge in [-0.05, 0) is 19.9 Å². The van der Waals surface area contributed by atoms with E-state index in [1.54, 1.807) is 40.1 Å². The van der Waals surface area contributed by atoms with Gasteiger partial charge in [-0.25, -0.2) is 0 Å². The van der Waals surface area contributed by atoms with Gasteiger partial charge in [0, 0.05) is 20.2 Å². The summed E-state index contributed by atoms with van der Waals surface area (Å²) >= 11 is 0. The smallest absolute Gasteiger partial charge is 0.272 e. The highest BCUT2D eigenvalue weighted by Crippen LogP contribution is 2.08. The molecule has 0 saturated carbocycles. The molecule has 2 heterocycles. The summed E-state index contributed by atoms with van der Waals surface area (Å²) in [5.74, 6) is 0.303. The molecule has 0 fully saturated rings. The molecule has 0 bridgehead atoms. The Kier molecular flexibility index (Phi) is 4.06. The zero-order valence-electron chi connectivity index (χ0n) is 12.4. The van der Waals surface area contributed by atoms with E-state index in [0.717, 1.165) is 5.69 Å². The number of amides is 2. The maximum absolute atomic E-state index is 12.2. The molecule has 0 aliphatic rings. The molecule has 0 aromatic carbocycles. The van der Waals surface area contributed by atoms with E-state index in [-0.39, 0.29) is 18.4 Å². The maximum Gasteiger partial charge on any atom is 0.272 e. The molecule has 2 amide bonds. The van der Waals surface area contributed by atoms with Gasteiger partial charge in [-0.15, -0.1) is 0 Å². The number of carbonyl (C=O) groups excluding carboxylic acids is 2. The number of hydrogen-bond donors (Lipinski definition) is 1. The number of aromatic nitrogens is 3. The maximum atomic E-state index is 12.2. The third kappa shape index (κ3) is 3.47. The van der Waals surface area contributed by atoms with Gasteiger partial charge in [0.05, 0.1) is 12.2 Å². The first-order chi connectivity index (χ1) is 9.86. The van der Waals surface area contributed by atoms with Crippen LogP contribution < -0.4 is 5.32 Å². The Balaban J connectivity index is 1.97. The minimum atomic E-state index is -0.349. The summed E-state index contributed by atoms with van der Waals surface area (Å²) in [5.41, 5.74) is 1.18. The van der Waals surface area contributed by atoms with Crippen LogP contribution in [0.15, 0.2) is 16.7 Å². The minimum Gasteiger partial charge on any atom is -0.360 e. The highest BCUT2D eigenvalue weighted by molar-refractivity contribution is 5.98. The summed E-state index contributed by atoms with van der Waals surface area (Å²) in [6.45, 7) is 3.44. The number of carbonyl (C=O) groups is 2. The van der Waals surface area contributed by atoms with E-state index in [1.807, 2.05) is 0 Å². The molecule has 0 radical (unpaired) electrons. The Morgan fingerprint density at radius 1 is 1.38 bits per heavy atom. The predicted octanol–water partition coefficient (Wildman–Crippen LogP) is 0.736. The fourth-order valence-electron chi connectivity index (χ4n) is 1.90. The van der Waals surface area contributed by atoms with Crippen molar-refractivity contribution in [2.24, 2.45) is 7.05 Å². The zero-order chi connectivity index (χ0) is 15.6. The van der Waals surface area contributed by atoms with Crippen LogP contribution in [0, 0.1) is 13.8 Å². The molecule has 0 aliphatic heterocycles. The van der Waals surface area contributed by atoms with Crippen LogP contribution in [-0.4, -0.2) is 45.2 Å². The van der Waals surface area contributed by atoms with Crippen LogP contribution in [0.1, 0.15) is 21.9 Å². The van der Waals surface area contributed by atoms with E-state index in [1.165, 1.54) is 9.58 Å². The van der Waals surface area contributed by atoms with Crippen LogP contribution in [-0.2, 0) is 11.8 Å². The number of nitrogens with zero attached hydrogens (tertiary/aromatic N) is 4. The molecule has 2 aromatic rings. The fraction of sp³-hybridized carbons (Fsp3) is 0.385. The lowest BCUT2D eigenvalue weighted by molar-refractivity contribution is -0.116. The Bertz CT molecular complexity index is 673. The van der Waals surface area contributed by atoms with Gasteiger partial charge < -0.3 is 14.7 Å². The van der Waals surface area contributed by atoms with Crippen molar-refractivity contribution in [3.63, 3.8) is 0 Å². The van der Waals surface area contributed by atoms with Crippen LogP contribution in [0.3, 0.4) is 0 Å². The van der Waals surface area contributed by atoms with Crippen LogP contribution in [0.25, 0.3) is 0 Å². The molecule has 1 N–H and O–H groups in total. The average molecular weight is 291 g/mol. The van der Waals surface area contributed by atoms with Gasteiger partial charge in [0.2, 0.25) is 5.91 Å². The lowest BCUT2D eigenvalue weighted by Gasteiger charge is -2.16. The molecule has 0 unspecified atom stereocenters. The van der Waals surface area contributed by atoms with E-state index < -0.39 is 0 Å². The molecule has 21 heavy (non-hydrogen) atoms. The number of nitrogens with one attached hydrogen (secondary N) is 1. The average Bonchev–Trinajstić information content (AvgIpc) is 2.94. The van der Waals surface area contributed by atoms with Crippen molar-refractivity contribution in [2.75, 3.05) is 18.9 Å². The van der Waals surface area contributed by atoms with E-state index in [9.17, 15) is 9.59 Å².